The molecule has 0 radical (unpaired) electrons. The van der Waals surface area contributed by atoms with Crippen LogP contribution in [0.3, 0.4) is 0 Å². The van der Waals surface area contributed by atoms with E-state index in [0.29, 0.717) is 0 Å². The van der Waals surface area contributed by atoms with Gasteiger partial charge >= 0.3 is 0 Å². The van der Waals surface area contributed by atoms with E-state index in [-0.39, 0.29) is 5.12 Å². The molecule has 12 heavy (non-hydrogen) atoms. The zero-order valence-corrected chi connectivity index (χ0v) is 7.94. The van der Waals surface area contributed by atoms with E-state index in [1.54, 1.807) is 6.92 Å². The van der Waals surface area contributed by atoms with Crippen LogP contribution >= 0.6 is 11.8 Å². The lowest BCUT2D eigenvalue weighted by molar-refractivity contribution is -0.109. The number of hydrogen-bond donors (Lipinski definition) is 1. The number of anilines is 1. The van der Waals surface area contributed by atoms with Crippen LogP contribution in [-0.2, 0) is 4.79 Å². The third-order valence-electron chi connectivity index (χ3n) is 1.40. The van der Waals surface area contributed by atoms with Crippen LogP contribution in [0.5, 0.6) is 0 Å². The fourth-order valence-corrected chi connectivity index (χ4v) is 1.46. The Morgan fingerprint density at radius 3 is 2.33 bits per heavy atom. The van der Waals surface area contributed by atoms with Crippen molar-refractivity contribution in [2.24, 2.45) is 0 Å². The second-order valence-corrected chi connectivity index (χ2v) is 3.62. The van der Waals surface area contributed by atoms with Gasteiger partial charge in [0.25, 0.3) is 0 Å². The lowest BCUT2D eigenvalue weighted by Gasteiger charge is -2.00. The van der Waals surface area contributed by atoms with Gasteiger partial charge in [0, 0.05) is 24.6 Å². The second kappa shape index (κ2) is 4.16. The Balaban J connectivity index is 2.71. The second-order valence-electron chi connectivity index (χ2n) is 2.37. The number of nitrogens with one attached hydrogen (secondary N) is 1. The van der Waals surface area contributed by atoms with Gasteiger partial charge in [-0.1, -0.05) is 11.8 Å². The van der Waals surface area contributed by atoms with E-state index in [1.807, 2.05) is 31.3 Å². The predicted octanol–water partition coefficient (Wildman–Crippen LogP) is 2.37. The highest BCUT2D eigenvalue weighted by molar-refractivity contribution is 8.13. The lowest BCUT2D eigenvalue weighted by atomic mass is 10.3. The summed E-state index contributed by atoms with van der Waals surface area (Å²) in [6, 6.07) is 7.76. The van der Waals surface area contributed by atoms with E-state index < -0.39 is 0 Å². The molecular weight excluding hydrogens is 170 g/mol. The smallest absolute Gasteiger partial charge is 0.190 e. The molecule has 0 amide bonds. The molecule has 1 rings (SSSR count). The van der Waals surface area contributed by atoms with Crippen molar-refractivity contribution in [3.05, 3.63) is 24.3 Å². The predicted molar refractivity (Wildman–Crippen MR) is 52.5 cm³/mol. The Bertz CT molecular complexity index is 268. The molecule has 0 bridgehead atoms. The summed E-state index contributed by atoms with van der Waals surface area (Å²) in [6.45, 7) is 1.57. The van der Waals surface area contributed by atoms with Crippen molar-refractivity contribution in [1.29, 1.82) is 0 Å². The van der Waals surface area contributed by atoms with E-state index in [0.717, 1.165) is 10.6 Å². The van der Waals surface area contributed by atoms with Crippen LogP contribution in [0.15, 0.2) is 29.2 Å². The highest BCUT2D eigenvalue weighted by Crippen LogP contribution is 2.20. The molecule has 0 atom stereocenters. The minimum atomic E-state index is 0.118. The fourth-order valence-electron chi connectivity index (χ4n) is 0.856. The van der Waals surface area contributed by atoms with Crippen LogP contribution in [0.1, 0.15) is 6.92 Å². The first kappa shape index (κ1) is 9.13. The molecule has 0 fully saturated rings. The highest BCUT2D eigenvalue weighted by atomic mass is 32.2. The molecule has 0 spiro atoms. The van der Waals surface area contributed by atoms with Gasteiger partial charge in [0.05, 0.1) is 0 Å². The summed E-state index contributed by atoms with van der Waals surface area (Å²) in [7, 11) is 1.87. The third kappa shape index (κ3) is 2.58. The van der Waals surface area contributed by atoms with Crippen LogP contribution in [0.4, 0.5) is 5.69 Å². The molecule has 1 aromatic rings. The normalized spacial score (nSPS) is 9.50. The quantitative estimate of drug-likeness (QED) is 0.710. The summed E-state index contributed by atoms with van der Waals surface area (Å²) < 4.78 is 0. The number of benzene rings is 1. The van der Waals surface area contributed by atoms with Crippen LogP contribution < -0.4 is 5.32 Å². The number of carbonyl (C=O) groups excluding carboxylic acids is 1. The number of carbonyl (C=O) groups is 1. The monoisotopic (exact) mass is 181 g/mol. The maximum Gasteiger partial charge on any atom is 0.190 e. The standard InChI is InChI=1S/C9H11NOS/c1-7(11)12-9-5-3-8(10-2)4-6-9/h3-6,10H,1-2H3. The summed E-state index contributed by atoms with van der Waals surface area (Å²) >= 11 is 1.25. The lowest BCUT2D eigenvalue weighted by Crippen LogP contribution is -1.87. The summed E-state index contributed by atoms with van der Waals surface area (Å²) in [5.41, 5.74) is 1.06. The van der Waals surface area contributed by atoms with E-state index >= 15 is 0 Å². The maximum absolute atomic E-state index is 10.7. The topological polar surface area (TPSA) is 29.1 Å². The van der Waals surface area contributed by atoms with Gasteiger partial charge in [0.15, 0.2) is 5.12 Å². The Morgan fingerprint density at radius 1 is 1.33 bits per heavy atom. The number of thioether (sulfide) groups is 1. The van der Waals surface area contributed by atoms with E-state index in [1.165, 1.54) is 11.8 Å². The van der Waals surface area contributed by atoms with Crippen LogP contribution in [0, 0.1) is 0 Å². The van der Waals surface area contributed by atoms with Gasteiger partial charge in [-0.15, -0.1) is 0 Å². The fraction of sp³-hybridized carbons (Fsp3) is 0.222. The van der Waals surface area contributed by atoms with Crippen molar-refractivity contribution in [2.75, 3.05) is 12.4 Å². The van der Waals surface area contributed by atoms with Crippen LogP contribution in [0.2, 0.25) is 0 Å². The van der Waals surface area contributed by atoms with Crippen LogP contribution in [0.25, 0.3) is 0 Å². The molecule has 0 unspecified atom stereocenters. The Hall–Kier alpha value is -0.960. The van der Waals surface area contributed by atoms with Crippen molar-refractivity contribution in [1.82, 2.24) is 0 Å². The van der Waals surface area contributed by atoms with Gasteiger partial charge in [0.2, 0.25) is 0 Å². The molecule has 1 N–H and O–H groups in total. The minimum absolute atomic E-state index is 0.118. The molecule has 0 aromatic heterocycles. The minimum Gasteiger partial charge on any atom is -0.388 e. The van der Waals surface area contributed by atoms with Crippen molar-refractivity contribution < 1.29 is 4.79 Å². The Labute approximate surface area is 76.4 Å². The molecule has 0 aliphatic rings. The first-order valence-electron chi connectivity index (χ1n) is 3.68. The molecule has 2 nitrogen and oxygen atoms in total. The van der Waals surface area contributed by atoms with Crippen molar-refractivity contribution in [3.8, 4) is 0 Å². The van der Waals surface area contributed by atoms with Gasteiger partial charge in [-0.3, -0.25) is 4.79 Å². The zero-order valence-electron chi connectivity index (χ0n) is 7.13. The highest BCUT2D eigenvalue weighted by Gasteiger charge is 1.96. The van der Waals surface area contributed by atoms with Gasteiger partial charge in [-0.25, -0.2) is 0 Å². The molecule has 0 heterocycles. The van der Waals surface area contributed by atoms with E-state index in [9.17, 15) is 4.79 Å². The van der Waals surface area contributed by atoms with Gasteiger partial charge in [-0.05, 0) is 24.3 Å². The van der Waals surface area contributed by atoms with Crippen molar-refractivity contribution in [3.63, 3.8) is 0 Å². The molecule has 64 valence electrons. The Morgan fingerprint density at radius 2 is 1.92 bits per heavy atom. The first-order valence-corrected chi connectivity index (χ1v) is 4.50. The van der Waals surface area contributed by atoms with Gasteiger partial charge < -0.3 is 5.32 Å². The van der Waals surface area contributed by atoms with E-state index in [2.05, 4.69) is 5.32 Å². The molecule has 3 heteroatoms. The first-order chi connectivity index (χ1) is 5.72. The molecule has 0 saturated heterocycles. The van der Waals surface area contributed by atoms with E-state index in [4.69, 9.17) is 0 Å². The molecule has 0 saturated carbocycles. The summed E-state index contributed by atoms with van der Waals surface area (Å²) in [5.74, 6) is 0. The van der Waals surface area contributed by atoms with Crippen LogP contribution in [-0.4, -0.2) is 12.2 Å². The van der Waals surface area contributed by atoms with Gasteiger partial charge in [-0.2, -0.15) is 0 Å². The SMILES string of the molecule is CNc1ccc(SC(C)=O)cc1. The number of rotatable bonds is 2. The Kier molecular flexibility index (Phi) is 3.17. The van der Waals surface area contributed by atoms with Crippen molar-refractivity contribution >= 4 is 22.6 Å². The summed E-state index contributed by atoms with van der Waals surface area (Å²) in [4.78, 5) is 11.7. The maximum atomic E-state index is 10.7. The molecule has 0 aliphatic heterocycles. The number of hydrogen-bond acceptors (Lipinski definition) is 3. The average Bonchev–Trinajstić information content (AvgIpc) is 2.05. The molecule has 1 aromatic carbocycles. The summed E-state index contributed by atoms with van der Waals surface area (Å²) in [5, 5.41) is 3.13. The average molecular weight is 181 g/mol. The van der Waals surface area contributed by atoms with Crippen molar-refractivity contribution in [2.45, 2.75) is 11.8 Å². The molecule has 0 aliphatic carbocycles. The third-order valence-corrected chi connectivity index (χ3v) is 2.20. The largest absolute Gasteiger partial charge is 0.388 e. The van der Waals surface area contributed by atoms with Gasteiger partial charge in [0.1, 0.15) is 0 Å². The molecular formula is C9H11NOS. The summed E-state index contributed by atoms with van der Waals surface area (Å²) in [6.07, 6.45) is 0. The zero-order chi connectivity index (χ0) is 8.97.